The summed E-state index contributed by atoms with van der Waals surface area (Å²) in [5, 5.41) is 4.74. The molecule has 1 heterocycles. The third kappa shape index (κ3) is 4.19. The van der Waals surface area contributed by atoms with E-state index in [4.69, 9.17) is 0 Å². The van der Waals surface area contributed by atoms with Crippen LogP contribution < -0.4 is 0 Å². The maximum absolute atomic E-state index is 12.1. The highest BCUT2D eigenvalue weighted by molar-refractivity contribution is 6.21. The first-order chi connectivity index (χ1) is 15.1. The predicted octanol–water partition coefficient (Wildman–Crippen LogP) is 6.62. The van der Waals surface area contributed by atoms with E-state index in [1.807, 2.05) is 24.3 Å². The van der Waals surface area contributed by atoms with Gasteiger partial charge in [0.1, 0.15) is 0 Å². The van der Waals surface area contributed by atoms with Crippen molar-refractivity contribution in [2.75, 3.05) is 19.6 Å². The van der Waals surface area contributed by atoms with E-state index in [1.165, 1.54) is 27.2 Å². The van der Waals surface area contributed by atoms with Crippen molar-refractivity contribution in [3.63, 3.8) is 0 Å². The number of likely N-dealkylation sites (N-methyl/N-ethyl adjacent to an activating group) is 1. The standard InChI is InChI=1S/C28H30N2O/c1-4-29(5-2)18-19-30-26-16-15-23(21(3)31)20-25(26)28-24-13-11-9-7-6-8-10-12-22(24)14-17-27(28)30/h6-17,20H,4-5,18-19H2,1-3H3. The van der Waals surface area contributed by atoms with Crippen molar-refractivity contribution >= 4 is 38.4 Å². The van der Waals surface area contributed by atoms with Crippen molar-refractivity contribution in [3.05, 3.63) is 84.4 Å². The van der Waals surface area contributed by atoms with Crippen molar-refractivity contribution in [2.45, 2.75) is 27.3 Å². The van der Waals surface area contributed by atoms with Gasteiger partial charge in [-0.3, -0.25) is 4.79 Å². The smallest absolute Gasteiger partial charge is 0.159 e. The van der Waals surface area contributed by atoms with Crippen molar-refractivity contribution < 1.29 is 4.79 Å². The Morgan fingerprint density at radius 2 is 1.48 bits per heavy atom. The van der Waals surface area contributed by atoms with E-state index in [-0.39, 0.29) is 5.78 Å². The molecule has 0 atom stereocenters. The molecule has 0 aliphatic heterocycles. The van der Waals surface area contributed by atoms with Gasteiger partial charge < -0.3 is 9.47 Å². The van der Waals surface area contributed by atoms with Crippen molar-refractivity contribution in [3.8, 4) is 0 Å². The molecule has 4 rings (SSSR count). The lowest BCUT2D eigenvalue weighted by atomic mass is 10.0. The average Bonchev–Trinajstić information content (AvgIpc) is 3.10. The van der Waals surface area contributed by atoms with Gasteiger partial charge in [0.05, 0.1) is 0 Å². The molecule has 0 N–H and O–H groups in total. The summed E-state index contributed by atoms with van der Waals surface area (Å²) in [4.78, 5) is 14.6. The molecule has 1 aromatic heterocycles. The van der Waals surface area contributed by atoms with Crippen molar-refractivity contribution in [1.29, 1.82) is 0 Å². The molecular formula is C28H30N2O. The van der Waals surface area contributed by atoms with Crippen LogP contribution in [0.3, 0.4) is 0 Å². The number of ketones is 1. The molecule has 3 aromatic carbocycles. The fourth-order valence-corrected chi connectivity index (χ4v) is 4.37. The van der Waals surface area contributed by atoms with Gasteiger partial charge in [-0.1, -0.05) is 68.4 Å². The van der Waals surface area contributed by atoms with E-state index in [1.54, 1.807) is 6.92 Å². The van der Waals surface area contributed by atoms with Gasteiger partial charge in [0.2, 0.25) is 0 Å². The number of Topliss-reactive ketones (excluding diaryl/α,β-unsaturated/α-hetero) is 1. The zero-order valence-electron chi connectivity index (χ0n) is 18.6. The molecule has 0 saturated heterocycles. The first-order valence-corrected chi connectivity index (χ1v) is 11.1. The van der Waals surface area contributed by atoms with Crippen molar-refractivity contribution in [1.82, 2.24) is 9.47 Å². The molecular weight excluding hydrogens is 380 g/mol. The number of carbonyl (C=O) groups excluding carboxylic acids is 1. The van der Waals surface area contributed by atoms with Gasteiger partial charge in [-0.15, -0.1) is 0 Å². The Morgan fingerprint density at radius 3 is 2.19 bits per heavy atom. The van der Waals surface area contributed by atoms with Gasteiger partial charge >= 0.3 is 0 Å². The molecule has 0 unspecified atom stereocenters. The third-order valence-corrected chi connectivity index (χ3v) is 6.14. The van der Waals surface area contributed by atoms with Crippen LogP contribution in [0.15, 0.2) is 78.9 Å². The van der Waals surface area contributed by atoms with Crippen LogP contribution in [0.25, 0.3) is 32.6 Å². The minimum Gasteiger partial charge on any atom is -0.339 e. The van der Waals surface area contributed by atoms with Crippen molar-refractivity contribution in [2.24, 2.45) is 0 Å². The summed E-state index contributed by atoms with van der Waals surface area (Å²) >= 11 is 0. The summed E-state index contributed by atoms with van der Waals surface area (Å²) in [6, 6.07) is 27.3. The molecule has 0 aliphatic rings. The highest BCUT2D eigenvalue weighted by Crippen LogP contribution is 2.35. The molecule has 31 heavy (non-hydrogen) atoms. The van der Waals surface area contributed by atoms with Crippen LogP contribution in [-0.4, -0.2) is 34.9 Å². The van der Waals surface area contributed by atoms with E-state index >= 15 is 0 Å². The van der Waals surface area contributed by atoms with E-state index in [0.29, 0.717) is 0 Å². The highest BCUT2D eigenvalue weighted by atomic mass is 16.1. The fourth-order valence-electron chi connectivity index (χ4n) is 4.37. The first kappa shape index (κ1) is 21.1. The molecule has 0 fully saturated rings. The Balaban J connectivity index is 2.07. The number of benzene rings is 2. The lowest BCUT2D eigenvalue weighted by molar-refractivity contribution is 0.101. The van der Waals surface area contributed by atoms with Crippen LogP contribution >= 0.6 is 0 Å². The van der Waals surface area contributed by atoms with Crippen LogP contribution in [0.1, 0.15) is 31.1 Å². The number of fused-ring (bicyclic) bond motifs is 5. The number of nitrogens with zero attached hydrogens (tertiary/aromatic N) is 2. The maximum atomic E-state index is 12.1. The number of hydrogen-bond donors (Lipinski definition) is 0. The van der Waals surface area contributed by atoms with E-state index in [2.05, 4.69) is 77.9 Å². The second-order valence-corrected chi connectivity index (χ2v) is 7.92. The van der Waals surface area contributed by atoms with E-state index in [0.717, 1.165) is 37.1 Å². The lowest BCUT2D eigenvalue weighted by Gasteiger charge is -2.19. The minimum atomic E-state index is 0.0987. The number of carbonyl (C=O) groups is 1. The van der Waals surface area contributed by atoms with E-state index < -0.39 is 0 Å². The zero-order valence-corrected chi connectivity index (χ0v) is 18.6. The normalized spacial score (nSPS) is 11.4. The zero-order chi connectivity index (χ0) is 21.8. The minimum absolute atomic E-state index is 0.0987. The third-order valence-electron chi connectivity index (χ3n) is 6.14. The first-order valence-electron chi connectivity index (χ1n) is 11.1. The second kappa shape index (κ2) is 9.32. The molecule has 0 spiro atoms. The topological polar surface area (TPSA) is 25.2 Å². The number of hydrogen-bond acceptors (Lipinski definition) is 2. The van der Waals surface area contributed by atoms with Crippen LogP contribution in [0.4, 0.5) is 0 Å². The Bertz CT molecular complexity index is 1300. The molecule has 0 saturated carbocycles. The molecule has 0 radical (unpaired) electrons. The molecule has 158 valence electrons. The summed E-state index contributed by atoms with van der Waals surface area (Å²) in [5.41, 5.74) is 3.16. The summed E-state index contributed by atoms with van der Waals surface area (Å²) in [6.45, 7) is 10.1. The maximum Gasteiger partial charge on any atom is 0.159 e. The largest absolute Gasteiger partial charge is 0.339 e. The van der Waals surface area contributed by atoms with Gasteiger partial charge in [0.25, 0.3) is 0 Å². The molecule has 0 amide bonds. The van der Waals surface area contributed by atoms with Gasteiger partial charge in [-0.05, 0) is 55.1 Å². The quantitative estimate of drug-likeness (QED) is 0.334. The summed E-state index contributed by atoms with van der Waals surface area (Å²) in [7, 11) is 0. The van der Waals surface area contributed by atoms with Gasteiger partial charge in [-0.25, -0.2) is 0 Å². The number of aromatic nitrogens is 1. The monoisotopic (exact) mass is 410 g/mol. The van der Waals surface area contributed by atoms with Gasteiger partial charge in [-0.2, -0.15) is 0 Å². The molecule has 3 nitrogen and oxygen atoms in total. The molecule has 3 heteroatoms. The Hall–Kier alpha value is -3.17. The fraction of sp³-hybridized carbons (Fsp3) is 0.250. The Morgan fingerprint density at radius 1 is 0.806 bits per heavy atom. The van der Waals surface area contributed by atoms with Gasteiger partial charge in [0, 0.05) is 40.5 Å². The summed E-state index contributed by atoms with van der Waals surface area (Å²) in [6.07, 6.45) is 0. The molecule has 0 aliphatic carbocycles. The Labute approximate surface area is 184 Å². The van der Waals surface area contributed by atoms with E-state index in [9.17, 15) is 4.79 Å². The van der Waals surface area contributed by atoms with Crippen LogP contribution in [-0.2, 0) is 6.54 Å². The highest BCUT2D eigenvalue weighted by Gasteiger charge is 2.15. The number of rotatable bonds is 6. The summed E-state index contributed by atoms with van der Waals surface area (Å²) < 4.78 is 2.42. The molecule has 4 aromatic rings. The van der Waals surface area contributed by atoms with Gasteiger partial charge in [0.15, 0.2) is 5.78 Å². The lowest BCUT2D eigenvalue weighted by Crippen LogP contribution is -2.26. The van der Waals surface area contributed by atoms with Crippen LogP contribution in [0.2, 0.25) is 0 Å². The van der Waals surface area contributed by atoms with Crippen LogP contribution in [0.5, 0.6) is 0 Å². The second-order valence-electron chi connectivity index (χ2n) is 7.92. The predicted molar refractivity (Wildman–Crippen MR) is 132 cm³/mol. The average molecular weight is 411 g/mol. The molecule has 0 bridgehead atoms. The summed E-state index contributed by atoms with van der Waals surface area (Å²) in [5.74, 6) is 0.0987. The van der Waals surface area contributed by atoms with Crippen LogP contribution in [0, 0.1) is 0 Å². The Kier molecular flexibility index (Phi) is 6.34. The SMILES string of the molecule is CCN(CC)CCn1c2ccc(C(C)=O)cc2c2c3ccccccccc3ccc21.